The van der Waals surface area contributed by atoms with E-state index in [1.807, 2.05) is 44.4 Å². The van der Waals surface area contributed by atoms with Crippen molar-refractivity contribution in [3.8, 4) is 5.82 Å². The second-order valence-corrected chi connectivity index (χ2v) is 7.62. The van der Waals surface area contributed by atoms with Gasteiger partial charge in [0.05, 0.1) is 5.75 Å². The molecule has 120 valence electrons. The van der Waals surface area contributed by atoms with Crippen LogP contribution in [0.3, 0.4) is 0 Å². The molecule has 0 radical (unpaired) electrons. The average molecular weight is 348 g/mol. The summed E-state index contributed by atoms with van der Waals surface area (Å²) < 4.78 is 7.88. The Labute approximate surface area is 141 Å². The number of ketones is 1. The highest BCUT2D eigenvalue weighted by atomic mass is 32.2. The number of rotatable bonds is 5. The zero-order valence-electron chi connectivity index (χ0n) is 13.3. The van der Waals surface area contributed by atoms with E-state index in [0.717, 1.165) is 26.5 Å². The van der Waals surface area contributed by atoms with Crippen LogP contribution in [0, 0.1) is 27.7 Å². The lowest BCUT2D eigenvalue weighted by molar-refractivity contribution is 0.102. The summed E-state index contributed by atoms with van der Waals surface area (Å²) in [6.45, 7) is 7.62. The number of hydrogen-bond donors (Lipinski definition) is 0. The second kappa shape index (κ2) is 6.29. The summed E-state index contributed by atoms with van der Waals surface area (Å²) in [6, 6.07) is 3.75. The maximum atomic E-state index is 12.5. The van der Waals surface area contributed by atoms with Crippen molar-refractivity contribution < 1.29 is 9.32 Å². The lowest BCUT2D eigenvalue weighted by atomic mass is 10.2. The minimum atomic E-state index is 0.0717. The number of carbonyl (C=O) groups excluding carboxylic acids is 1. The molecule has 0 aliphatic heterocycles. The Bertz CT molecular complexity index is 863. The average Bonchev–Trinajstić information content (AvgIpc) is 3.17. The van der Waals surface area contributed by atoms with Crippen molar-refractivity contribution in [3.05, 3.63) is 39.9 Å². The Morgan fingerprint density at radius 2 is 2.04 bits per heavy atom. The van der Waals surface area contributed by atoms with Crippen molar-refractivity contribution >= 4 is 28.9 Å². The van der Waals surface area contributed by atoms with E-state index >= 15 is 0 Å². The van der Waals surface area contributed by atoms with Crippen LogP contribution < -0.4 is 0 Å². The van der Waals surface area contributed by atoms with Crippen LogP contribution in [0.4, 0.5) is 0 Å². The Kier molecular flexibility index (Phi) is 4.36. The van der Waals surface area contributed by atoms with Crippen LogP contribution in [0.2, 0.25) is 0 Å². The summed E-state index contributed by atoms with van der Waals surface area (Å²) in [5, 5.41) is 12.9. The van der Waals surface area contributed by atoms with E-state index in [2.05, 4.69) is 15.4 Å². The lowest BCUT2D eigenvalue weighted by Crippen LogP contribution is -2.05. The number of Topliss-reactive ketones (excluding diaryl/α,β-unsaturated/α-hetero) is 1. The monoisotopic (exact) mass is 348 g/mol. The fourth-order valence-electron chi connectivity index (χ4n) is 2.40. The number of carbonyl (C=O) groups is 1. The van der Waals surface area contributed by atoms with Gasteiger partial charge in [-0.05, 0) is 33.8 Å². The third kappa shape index (κ3) is 3.23. The van der Waals surface area contributed by atoms with Gasteiger partial charge in [0.1, 0.15) is 10.8 Å². The van der Waals surface area contributed by atoms with E-state index in [4.69, 9.17) is 4.52 Å². The van der Waals surface area contributed by atoms with E-state index in [0.29, 0.717) is 17.1 Å². The van der Waals surface area contributed by atoms with Gasteiger partial charge in [0.15, 0.2) is 15.9 Å². The Morgan fingerprint density at radius 3 is 2.65 bits per heavy atom. The molecule has 0 saturated carbocycles. The van der Waals surface area contributed by atoms with E-state index in [9.17, 15) is 4.79 Å². The highest BCUT2D eigenvalue weighted by molar-refractivity contribution is 8.01. The molecule has 0 bridgehead atoms. The Morgan fingerprint density at radius 1 is 1.26 bits per heavy atom. The molecule has 3 heterocycles. The number of aryl methyl sites for hydroxylation is 3. The first-order valence-electron chi connectivity index (χ1n) is 7.04. The zero-order chi connectivity index (χ0) is 16.6. The van der Waals surface area contributed by atoms with Crippen molar-refractivity contribution in [2.75, 3.05) is 5.75 Å². The minimum Gasteiger partial charge on any atom is -0.360 e. The third-order valence-electron chi connectivity index (χ3n) is 3.41. The predicted octanol–water partition coefficient (Wildman–Crippen LogP) is 3.53. The highest BCUT2D eigenvalue weighted by Gasteiger charge is 2.19. The molecule has 6 nitrogen and oxygen atoms in total. The molecule has 0 amide bonds. The summed E-state index contributed by atoms with van der Waals surface area (Å²) in [5.74, 6) is 1.85. The molecule has 0 aliphatic rings. The summed E-state index contributed by atoms with van der Waals surface area (Å²) in [5.41, 5.74) is 2.53. The summed E-state index contributed by atoms with van der Waals surface area (Å²) in [7, 11) is 0. The SMILES string of the molecule is Cc1cc(-n2c(C)cc(C(=O)CSc3nnc(C)s3)c2C)no1. The first-order valence-corrected chi connectivity index (χ1v) is 8.84. The van der Waals surface area contributed by atoms with Gasteiger partial charge < -0.3 is 4.52 Å². The number of nitrogens with zero attached hydrogens (tertiary/aromatic N) is 4. The van der Waals surface area contributed by atoms with Crippen molar-refractivity contribution in [2.24, 2.45) is 0 Å². The summed E-state index contributed by atoms with van der Waals surface area (Å²) in [6.07, 6.45) is 0. The maximum Gasteiger partial charge on any atom is 0.180 e. The number of thioether (sulfide) groups is 1. The molecule has 0 spiro atoms. The van der Waals surface area contributed by atoms with Gasteiger partial charge >= 0.3 is 0 Å². The summed E-state index contributed by atoms with van der Waals surface area (Å²) >= 11 is 2.92. The van der Waals surface area contributed by atoms with Gasteiger partial charge in [-0.2, -0.15) is 0 Å². The van der Waals surface area contributed by atoms with Gasteiger partial charge in [-0.3, -0.25) is 9.36 Å². The van der Waals surface area contributed by atoms with E-state index in [1.165, 1.54) is 23.1 Å². The van der Waals surface area contributed by atoms with E-state index in [1.54, 1.807) is 0 Å². The molecule has 0 aromatic carbocycles. The molecule has 0 atom stereocenters. The van der Waals surface area contributed by atoms with Crippen molar-refractivity contribution in [3.63, 3.8) is 0 Å². The molecule has 3 rings (SSSR count). The number of hydrogen-bond acceptors (Lipinski definition) is 7. The van der Waals surface area contributed by atoms with Crippen LogP contribution in [0.5, 0.6) is 0 Å². The molecule has 0 fully saturated rings. The zero-order valence-corrected chi connectivity index (χ0v) is 14.9. The largest absolute Gasteiger partial charge is 0.360 e. The Hall–Kier alpha value is -1.93. The van der Waals surface area contributed by atoms with Crippen molar-refractivity contribution in [1.82, 2.24) is 19.9 Å². The minimum absolute atomic E-state index is 0.0717. The van der Waals surface area contributed by atoms with Crippen LogP contribution in [0.15, 0.2) is 21.0 Å². The van der Waals surface area contributed by atoms with Gasteiger partial charge in [-0.1, -0.05) is 28.3 Å². The maximum absolute atomic E-state index is 12.5. The smallest absolute Gasteiger partial charge is 0.180 e. The van der Waals surface area contributed by atoms with Crippen LogP contribution in [0.1, 0.15) is 32.5 Å². The molecular formula is C15H16N4O2S2. The topological polar surface area (TPSA) is 73.8 Å². The molecule has 0 unspecified atom stereocenters. The standard InChI is InChI=1S/C15H16N4O2S2/c1-8-5-12(10(3)19(8)14-6-9(2)21-18-14)13(20)7-22-15-17-16-11(4)23-15/h5-6H,7H2,1-4H3. The lowest BCUT2D eigenvalue weighted by Gasteiger charge is -2.04. The van der Waals surface area contributed by atoms with Crippen LogP contribution in [-0.2, 0) is 0 Å². The van der Waals surface area contributed by atoms with Gasteiger partial charge in [0.2, 0.25) is 0 Å². The molecule has 23 heavy (non-hydrogen) atoms. The number of aromatic nitrogens is 4. The predicted molar refractivity (Wildman–Crippen MR) is 89.7 cm³/mol. The molecule has 3 aromatic rings. The van der Waals surface area contributed by atoms with Gasteiger partial charge in [-0.15, -0.1) is 10.2 Å². The molecule has 0 aliphatic carbocycles. The van der Waals surface area contributed by atoms with Crippen LogP contribution in [-0.4, -0.2) is 31.5 Å². The first kappa shape index (κ1) is 15.9. The molecule has 0 N–H and O–H groups in total. The quantitative estimate of drug-likeness (QED) is 0.519. The van der Waals surface area contributed by atoms with Crippen molar-refractivity contribution in [1.29, 1.82) is 0 Å². The van der Waals surface area contributed by atoms with Gasteiger partial charge in [0.25, 0.3) is 0 Å². The fraction of sp³-hybridized carbons (Fsp3) is 0.333. The second-order valence-electron chi connectivity index (χ2n) is 5.21. The van der Waals surface area contributed by atoms with Crippen LogP contribution in [0.25, 0.3) is 5.82 Å². The van der Waals surface area contributed by atoms with E-state index in [-0.39, 0.29) is 5.78 Å². The molecule has 0 saturated heterocycles. The van der Waals surface area contributed by atoms with E-state index < -0.39 is 0 Å². The molecular weight excluding hydrogens is 332 g/mol. The van der Waals surface area contributed by atoms with Crippen LogP contribution >= 0.6 is 23.1 Å². The first-order chi connectivity index (χ1) is 11.0. The van der Waals surface area contributed by atoms with Gasteiger partial charge in [0, 0.05) is 23.0 Å². The molecule has 8 heteroatoms. The summed E-state index contributed by atoms with van der Waals surface area (Å²) in [4.78, 5) is 12.5. The molecule has 3 aromatic heterocycles. The van der Waals surface area contributed by atoms with Crippen molar-refractivity contribution in [2.45, 2.75) is 32.0 Å². The normalized spacial score (nSPS) is 11.1. The fourth-order valence-corrected chi connectivity index (χ4v) is 4.10. The highest BCUT2D eigenvalue weighted by Crippen LogP contribution is 2.25. The Balaban J connectivity index is 1.81. The van der Waals surface area contributed by atoms with Gasteiger partial charge in [-0.25, -0.2) is 0 Å². The third-order valence-corrected chi connectivity index (χ3v) is 5.38.